The van der Waals surface area contributed by atoms with Gasteiger partial charge in [-0.1, -0.05) is 0 Å². The highest BCUT2D eigenvalue weighted by Gasteiger charge is 2.24. The van der Waals surface area contributed by atoms with Crippen LogP contribution < -0.4 is 11.1 Å². The summed E-state index contributed by atoms with van der Waals surface area (Å²) in [6, 6.07) is 5.12. The molecule has 0 saturated carbocycles. The molecule has 0 unspecified atom stereocenters. The minimum absolute atomic E-state index is 0.0512. The van der Waals surface area contributed by atoms with Gasteiger partial charge in [0.25, 0.3) is 5.91 Å². The van der Waals surface area contributed by atoms with E-state index in [4.69, 9.17) is 5.73 Å². The first-order valence-electron chi connectivity index (χ1n) is 6.90. The third-order valence-corrected chi connectivity index (χ3v) is 4.15. The molecule has 1 saturated heterocycles. The van der Waals surface area contributed by atoms with Crippen molar-refractivity contribution in [1.29, 1.82) is 0 Å². The largest absolute Gasteiger partial charge is 0.398 e. The molecule has 0 spiro atoms. The molecule has 114 valence electrons. The standard InChI is InChI=1S/C14H19BrN4O2/c1-2-17-14(21)19-7-5-18(6-8-19)13(20)10-3-4-11(15)12(16)9-10/h3-4,9H,2,5-8,16H2,1H3,(H,17,21). The van der Waals surface area contributed by atoms with Crippen LogP contribution in [-0.2, 0) is 0 Å². The van der Waals surface area contributed by atoms with E-state index < -0.39 is 0 Å². The Balaban J connectivity index is 1.97. The molecule has 21 heavy (non-hydrogen) atoms. The van der Waals surface area contributed by atoms with Crippen molar-refractivity contribution < 1.29 is 9.59 Å². The molecule has 1 fully saturated rings. The van der Waals surface area contributed by atoms with Gasteiger partial charge in [-0.05, 0) is 41.1 Å². The fourth-order valence-electron chi connectivity index (χ4n) is 2.24. The van der Waals surface area contributed by atoms with Crippen molar-refractivity contribution in [3.05, 3.63) is 28.2 Å². The van der Waals surface area contributed by atoms with Crippen LogP contribution in [0.1, 0.15) is 17.3 Å². The summed E-state index contributed by atoms with van der Waals surface area (Å²) in [5, 5.41) is 2.77. The molecule has 3 amide bonds. The van der Waals surface area contributed by atoms with Gasteiger partial charge in [0.05, 0.1) is 0 Å². The highest BCUT2D eigenvalue weighted by molar-refractivity contribution is 9.10. The number of nitrogens with two attached hydrogens (primary N) is 1. The fourth-order valence-corrected chi connectivity index (χ4v) is 2.48. The van der Waals surface area contributed by atoms with Crippen molar-refractivity contribution in [2.45, 2.75) is 6.92 Å². The number of piperazine rings is 1. The second-order valence-electron chi connectivity index (χ2n) is 4.85. The molecular formula is C14H19BrN4O2. The molecule has 0 bridgehead atoms. The number of amides is 3. The van der Waals surface area contributed by atoms with Crippen LogP contribution in [0.3, 0.4) is 0 Å². The first-order valence-corrected chi connectivity index (χ1v) is 7.69. The van der Waals surface area contributed by atoms with E-state index in [1.165, 1.54) is 0 Å². The Morgan fingerprint density at radius 3 is 2.43 bits per heavy atom. The van der Waals surface area contributed by atoms with E-state index in [2.05, 4.69) is 21.2 Å². The van der Waals surface area contributed by atoms with Crippen molar-refractivity contribution in [2.24, 2.45) is 0 Å². The van der Waals surface area contributed by atoms with Gasteiger partial charge in [-0.2, -0.15) is 0 Å². The van der Waals surface area contributed by atoms with Crippen molar-refractivity contribution in [3.8, 4) is 0 Å². The summed E-state index contributed by atoms with van der Waals surface area (Å²) in [5.74, 6) is -0.0512. The maximum atomic E-state index is 12.4. The third kappa shape index (κ3) is 3.66. The van der Waals surface area contributed by atoms with E-state index in [-0.39, 0.29) is 11.9 Å². The zero-order chi connectivity index (χ0) is 15.4. The average Bonchev–Trinajstić information content (AvgIpc) is 2.50. The number of carbonyl (C=O) groups is 2. The second kappa shape index (κ2) is 6.80. The van der Waals surface area contributed by atoms with Crippen LogP contribution in [0.4, 0.5) is 10.5 Å². The molecule has 1 aliphatic heterocycles. The Morgan fingerprint density at radius 1 is 1.24 bits per heavy atom. The molecule has 0 aliphatic carbocycles. The number of carbonyl (C=O) groups excluding carboxylic acids is 2. The molecule has 1 aliphatic rings. The molecule has 1 aromatic rings. The van der Waals surface area contributed by atoms with Crippen LogP contribution in [0, 0.1) is 0 Å². The maximum absolute atomic E-state index is 12.4. The molecule has 1 aromatic carbocycles. The minimum Gasteiger partial charge on any atom is -0.398 e. The minimum atomic E-state index is -0.0718. The summed E-state index contributed by atoms with van der Waals surface area (Å²) < 4.78 is 0.778. The number of rotatable bonds is 2. The van der Waals surface area contributed by atoms with Crippen molar-refractivity contribution in [2.75, 3.05) is 38.5 Å². The van der Waals surface area contributed by atoms with E-state index >= 15 is 0 Å². The maximum Gasteiger partial charge on any atom is 0.317 e. The van der Waals surface area contributed by atoms with E-state index in [0.717, 1.165) is 4.47 Å². The van der Waals surface area contributed by atoms with Crippen LogP contribution in [0.15, 0.2) is 22.7 Å². The number of benzene rings is 1. The van der Waals surface area contributed by atoms with E-state index in [9.17, 15) is 9.59 Å². The van der Waals surface area contributed by atoms with Crippen molar-refractivity contribution in [1.82, 2.24) is 15.1 Å². The highest BCUT2D eigenvalue weighted by Crippen LogP contribution is 2.21. The quantitative estimate of drug-likeness (QED) is 0.790. The molecule has 6 nitrogen and oxygen atoms in total. The Kier molecular flexibility index (Phi) is 5.06. The van der Waals surface area contributed by atoms with Gasteiger partial charge in [0, 0.05) is 48.4 Å². The lowest BCUT2D eigenvalue weighted by Crippen LogP contribution is -2.53. The number of hydrogen-bond acceptors (Lipinski definition) is 3. The summed E-state index contributed by atoms with van der Waals surface area (Å²) >= 11 is 3.31. The first-order chi connectivity index (χ1) is 10.0. The van der Waals surface area contributed by atoms with Crippen LogP contribution in [-0.4, -0.2) is 54.5 Å². The monoisotopic (exact) mass is 354 g/mol. The second-order valence-corrected chi connectivity index (χ2v) is 5.71. The Labute approximate surface area is 132 Å². The van der Waals surface area contributed by atoms with Crippen molar-refractivity contribution >= 4 is 33.6 Å². The number of halogens is 1. The van der Waals surface area contributed by atoms with Gasteiger partial charge in [0.15, 0.2) is 0 Å². The summed E-state index contributed by atoms with van der Waals surface area (Å²) in [4.78, 5) is 27.6. The molecule has 0 radical (unpaired) electrons. The van der Waals surface area contributed by atoms with Crippen LogP contribution in [0.2, 0.25) is 0 Å². The Hall–Kier alpha value is -1.76. The highest BCUT2D eigenvalue weighted by atomic mass is 79.9. The van der Waals surface area contributed by atoms with Gasteiger partial charge in [0.2, 0.25) is 0 Å². The predicted octanol–water partition coefficient (Wildman–Crippen LogP) is 1.52. The summed E-state index contributed by atoms with van der Waals surface area (Å²) in [6.07, 6.45) is 0. The molecule has 0 atom stereocenters. The van der Waals surface area contributed by atoms with Gasteiger partial charge in [-0.25, -0.2) is 4.79 Å². The zero-order valence-electron chi connectivity index (χ0n) is 11.9. The van der Waals surface area contributed by atoms with E-state index in [1.807, 2.05) is 6.92 Å². The molecule has 7 heteroatoms. The number of nitrogen functional groups attached to an aromatic ring is 1. The zero-order valence-corrected chi connectivity index (χ0v) is 13.5. The third-order valence-electron chi connectivity index (χ3n) is 3.43. The fraction of sp³-hybridized carbons (Fsp3) is 0.429. The Bertz CT molecular complexity index is 542. The Morgan fingerprint density at radius 2 is 1.86 bits per heavy atom. The van der Waals surface area contributed by atoms with Gasteiger partial charge < -0.3 is 20.9 Å². The lowest BCUT2D eigenvalue weighted by Gasteiger charge is -2.34. The van der Waals surface area contributed by atoms with Gasteiger partial charge in [-0.15, -0.1) is 0 Å². The molecule has 2 rings (SSSR count). The smallest absolute Gasteiger partial charge is 0.317 e. The molecule has 3 N–H and O–H groups in total. The summed E-state index contributed by atoms with van der Waals surface area (Å²) in [7, 11) is 0. The van der Waals surface area contributed by atoms with Crippen LogP contribution >= 0.6 is 15.9 Å². The number of anilines is 1. The topological polar surface area (TPSA) is 78.7 Å². The molecular weight excluding hydrogens is 336 g/mol. The first kappa shape index (κ1) is 15.6. The average molecular weight is 355 g/mol. The SMILES string of the molecule is CCNC(=O)N1CCN(C(=O)c2ccc(Br)c(N)c2)CC1. The van der Waals surface area contributed by atoms with Gasteiger partial charge in [0.1, 0.15) is 0 Å². The van der Waals surface area contributed by atoms with E-state index in [0.29, 0.717) is 44.0 Å². The predicted molar refractivity (Wildman–Crippen MR) is 85.1 cm³/mol. The number of urea groups is 1. The van der Waals surface area contributed by atoms with Crippen molar-refractivity contribution in [3.63, 3.8) is 0 Å². The van der Waals surface area contributed by atoms with Crippen LogP contribution in [0.25, 0.3) is 0 Å². The number of nitrogens with one attached hydrogen (secondary N) is 1. The molecule has 1 heterocycles. The molecule has 0 aromatic heterocycles. The lowest BCUT2D eigenvalue weighted by atomic mass is 10.1. The van der Waals surface area contributed by atoms with E-state index in [1.54, 1.807) is 28.0 Å². The van der Waals surface area contributed by atoms with Gasteiger partial charge >= 0.3 is 6.03 Å². The number of hydrogen-bond donors (Lipinski definition) is 2. The normalized spacial score (nSPS) is 15.0. The summed E-state index contributed by atoms with van der Waals surface area (Å²) in [6.45, 7) is 4.65. The van der Waals surface area contributed by atoms with Gasteiger partial charge in [-0.3, -0.25) is 4.79 Å². The lowest BCUT2D eigenvalue weighted by molar-refractivity contribution is 0.0665. The summed E-state index contributed by atoms with van der Waals surface area (Å²) in [5.41, 5.74) is 6.92. The number of nitrogens with zero attached hydrogens (tertiary/aromatic N) is 2. The van der Waals surface area contributed by atoms with Crippen LogP contribution in [0.5, 0.6) is 0 Å².